The summed E-state index contributed by atoms with van der Waals surface area (Å²) in [6.07, 6.45) is 0.823. The minimum absolute atomic E-state index is 0.127. The number of aryl methyl sites for hydroxylation is 1. The molecule has 0 aliphatic heterocycles. The number of rotatable bonds is 10. The van der Waals surface area contributed by atoms with Gasteiger partial charge in [0.05, 0.1) is 5.75 Å². The summed E-state index contributed by atoms with van der Waals surface area (Å²) in [6.45, 7) is 6.60. The first-order chi connectivity index (χ1) is 14.3. The fourth-order valence-electron chi connectivity index (χ4n) is 2.98. The van der Waals surface area contributed by atoms with E-state index in [1.54, 1.807) is 24.0 Å². The molecule has 0 fully saturated rings. The van der Waals surface area contributed by atoms with Crippen molar-refractivity contribution in [3.05, 3.63) is 70.0 Å². The molecule has 30 heavy (non-hydrogen) atoms. The van der Waals surface area contributed by atoms with Gasteiger partial charge in [-0.05, 0) is 38.0 Å². The number of thioether (sulfide) groups is 1. The van der Waals surface area contributed by atoms with Crippen LogP contribution in [0.1, 0.15) is 37.0 Å². The number of carbonyl (C=O) groups excluding carboxylic acids is 2. The molecule has 0 aromatic heterocycles. The number of nitrogens with one attached hydrogen (secondary N) is 1. The van der Waals surface area contributed by atoms with E-state index < -0.39 is 6.04 Å². The highest BCUT2D eigenvalue weighted by atomic mass is 35.5. The van der Waals surface area contributed by atoms with Crippen LogP contribution in [0, 0.1) is 12.7 Å². The van der Waals surface area contributed by atoms with E-state index in [9.17, 15) is 14.0 Å². The Hall–Kier alpha value is -2.05. The molecule has 1 N–H and O–H groups in total. The summed E-state index contributed by atoms with van der Waals surface area (Å²) in [6, 6.07) is 11.8. The van der Waals surface area contributed by atoms with Crippen LogP contribution in [-0.2, 0) is 21.9 Å². The standard InChI is InChI=1S/C23H28ClFN2O2S/c1-4-11-26-23(29)17(3)27(13-18-8-5-7-16(2)12-18)22(28)15-30-14-19-20(24)9-6-10-21(19)25/h5-10,12,17H,4,11,13-15H2,1-3H3,(H,26,29). The second-order valence-corrected chi connectivity index (χ2v) is 8.56. The first kappa shape index (κ1) is 24.2. The molecule has 1 unspecified atom stereocenters. The maximum atomic E-state index is 14.0. The Morgan fingerprint density at radius 1 is 1.23 bits per heavy atom. The van der Waals surface area contributed by atoms with Gasteiger partial charge in [-0.3, -0.25) is 9.59 Å². The quantitative estimate of drug-likeness (QED) is 0.556. The molecule has 7 heteroatoms. The van der Waals surface area contributed by atoms with Gasteiger partial charge in [-0.2, -0.15) is 0 Å². The Bertz CT molecular complexity index is 858. The number of hydrogen-bond donors (Lipinski definition) is 1. The summed E-state index contributed by atoms with van der Waals surface area (Å²) < 4.78 is 14.0. The van der Waals surface area contributed by atoms with Crippen LogP contribution in [-0.4, -0.2) is 35.1 Å². The molecule has 0 bridgehead atoms. The average molecular weight is 451 g/mol. The van der Waals surface area contributed by atoms with Crippen molar-refractivity contribution in [1.82, 2.24) is 10.2 Å². The topological polar surface area (TPSA) is 49.4 Å². The molecular weight excluding hydrogens is 423 g/mol. The lowest BCUT2D eigenvalue weighted by Gasteiger charge is -2.29. The minimum atomic E-state index is -0.609. The zero-order valence-corrected chi connectivity index (χ0v) is 19.2. The highest BCUT2D eigenvalue weighted by molar-refractivity contribution is 7.99. The predicted molar refractivity (Wildman–Crippen MR) is 122 cm³/mol. The zero-order chi connectivity index (χ0) is 22.1. The summed E-state index contributed by atoms with van der Waals surface area (Å²) in [5.74, 6) is -0.326. The molecule has 0 radical (unpaired) electrons. The first-order valence-corrected chi connectivity index (χ1v) is 11.5. The van der Waals surface area contributed by atoms with Gasteiger partial charge in [-0.1, -0.05) is 54.4 Å². The predicted octanol–water partition coefficient (Wildman–Crippen LogP) is 4.96. The lowest BCUT2D eigenvalue weighted by atomic mass is 10.1. The molecule has 2 rings (SSSR count). The van der Waals surface area contributed by atoms with Crippen LogP contribution >= 0.6 is 23.4 Å². The molecule has 1 atom stereocenters. The number of halogens is 2. The van der Waals surface area contributed by atoms with Gasteiger partial charge in [0.2, 0.25) is 11.8 Å². The molecule has 0 saturated carbocycles. The Kier molecular flexibility index (Phi) is 9.66. The van der Waals surface area contributed by atoms with E-state index in [0.29, 0.717) is 23.7 Å². The average Bonchev–Trinajstić information content (AvgIpc) is 2.71. The van der Waals surface area contributed by atoms with Crippen molar-refractivity contribution in [2.75, 3.05) is 12.3 Å². The Labute approximate surface area is 187 Å². The summed E-state index contributed by atoms with van der Waals surface area (Å²) in [5, 5.41) is 3.20. The normalized spacial score (nSPS) is 11.8. The third-order valence-electron chi connectivity index (χ3n) is 4.69. The fourth-order valence-corrected chi connectivity index (χ4v) is 4.23. The van der Waals surface area contributed by atoms with E-state index in [-0.39, 0.29) is 29.1 Å². The molecule has 0 aliphatic rings. The van der Waals surface area contributed by atoms with Crippen molar-refractivity contribution in [3.63, 3.8) is 0 Å². The maximum Gasteiger partial charge on any atom is 0.242 e. The van der Waals surface area contributed by atoms with Gasteiger partial charge in [-0.15, -0.1) is 11.8 Å². The van der Waals surface area contributed by atoms with Crippen molar-refractivity contribution in [2.45, 2.75) is 45.5 Å². The lowest BCUT2D eigenvalue weighted by molar-refractivity contribution is -0.138. The number of benzene rings is 2. The highest BCUT2D eigenvalue weighted by Gasteiger charge is 2.26. The van der Waals surface area contributed by atoms with E-state index in [2.05, 4.69) is 5.32 Å². The molecule has 0 aliphatic carbocycles. The van der Waals surface area contributed by atoms with Gasteiger partial charge in [0, 0.05) is 29.4 Å². The van der Waals surface area contributed by atoms with Gasteiger partial charge < -0.3 is 10.2 Å². The summed E-state index contributed by atoms with van der Waals surface area (Å²) in [7, 11) is 0. The number of nitrogens with zero attached hydrogens (tertiary/aromatic N) is 1. The van der Waals surface area contributed by atoms with Gasteiger partial charge in [0.15, 0.2) is 0 Å². The molecule has 0 saturated heterocycles. The maximum absolute atomic E-state index is 14.0. The van der Waals surface area contributed by atoms with E-state index in [0.717, 1.165) is 17.5 Å². The third kappa shape index (κ3) is 7.03. The molecule has 4 nitrogen and oxygen atoms in total. The Balaban J connectivity index is 2.09. The van der Waals surface area contributed by atoms with E-state index in [1.807, 2.05) is 38.1 Å². The molecule has 0 heterocycles. The van der Waals surface area contributed by atoms with Crippen LogP contribution in [0.5, 0.6) is 0 Å². The summed E-state index contributed by atoms with van der Waals surface area (Å²) in [4.78, 5) is 27.1. The van der Waals surface area contributed by atoms with E-state index >= 15 is 0 Å². The van der Waals surface area contributed by atoms with E-state index in [1.165, 1.54) is 17.8 Å². The Morgan fingerprint density at radius 2 is 1.97 bits per heavy atom. The van der Waals surface area contributed by atoms with Gasteiger partial charge in [0.25, 0.3) is 0 Å². The van der Waals surface area contributed by atoms with Crippen LogP contribution in [0.25, 0.3) is 0 Å². The van der Waals surface area contributed by atoms with Gasteiger partial charge in [-0.25, -0.2) is 4.39 Å². The molecule has 2 aromatic carbocycles. The molecule has 0 spiro atoms. The number of carbonyl (C=O) groups is 2. The van der Waals surface area contributed by atoms with Crippen LogP contribution in [0.4, 0.5) is 4.39 Å². The van der Waals surface area contributed by atoms with Crippen LogP contribution < -0.4 is 5.32 Å². The number of amides is 2. The first-order valence-electron chi connectivity index (χ1n) is 9.96. The van der Waals surface area contributed by atoms with Crippen molar-refractivity contribution < 1.29 is 14.0 Å². The van der Waals surface area contributed by atoms with Crippen molar-refractivity contribution >= 4 is 35.2 Å². The van der Waals surface area contributed by atoms with Crippen molar-refractivity contribution in [1.29, 1.82) is 0 Å². The van der Waals surface area contributed by atoms with Crippen LogP contribution in [0.15, 0.2) is 42.5 Å². The number of hydrogen-bond acceptors (Lipinski definition) is 3. The largest absolute Gasteiger partial charge is 0.354 e. The second kappa shape index (κ2) is 12.0. The molecule has 2 aromatic rings. The fraction of sp³-hybridized carbons (Fsp3) is 0.391. The SMILES string of the molecule is CCCNC(=O)C(C)N(Cc1cccc(C)c1)C(=O)CSCc1c(F)cccc1Cl. The molecule has 162 valence electrons. The smallest absolute Gasteiger partial charge is 0.242 e. The summed E-state index contributed by atoms with van der Waals surface area (Å²) >= 11 is 7.35. The molecular formula is C23H28ClFN2O2S. The minimum Gasteiger partial charge on any atom is -0.354 e. The van der Waals surface area contributed by atoms with Crippen molar-refractivity contribution in [3.8, 4) is 0 Å². The summed E-state index contributed by atoms with van der Waals surface area (Å²) in [5.41, 5.74) is 2.43. The van der Waals surface area contributed by atoms with E-state index in [4.69, 9.17) is 11.6 Å². The molecule has 2 amide bonds. The van der Waals surface area contributed by atoms with Gasteiger partial charge >= 0.3 is 0 Å². The Morgan fingerprint density at radius 3 is 2.63 bits per heavy atom. The zero-order valence-electron chi connectivity index (χ0n) is 17.6. The second-order valence-electron chi connectivity index (χ2n) is 7.17. The monoisotopic (exact) mass is 450 g/mol. The van der Waals surface area contributed by atoms with Crippen molar-refractivity contribution in [2.24, 2.45) is 0 Å². The van der Waals surface area contributed by atoms with Gasteiger partial charge in [0.1, 0.15) is 11.9 Å². The van der Waals surface area contributed by atoms with Crippen LogP contribution in [0.3, 0.4) is 0 Å². The third-order valence-corrected chi connectivity index (χ3v) is 5.98. The van der Waals surface area contributed by atoms with Crippen LogP contribution in [0.2, 0.25) is 5.02 Å². The highest BCUT2D eigenvalue weighted by Crippen LogP contribution is 2.24. The lowest BCUT2D eigenvalue weighted by Crippen LogP contribution is -2.48.